The molecule has 0 radical (unpaired) electrons. The van der Waals surface area contributed by atoms with Crippen molar-refractivity contribution in [1.29, 1.82) is 0 Å². The molecule has 0 bridgehead atoms. The van der Waals surface area contributed by atoms with Gasteiger partial charge in [0.05, 0.1) is 0 Å². The molecule has 2 N–H and O–H groups in total. The summed E-state index contributed by atoms with van der Waals surface area (Å²) in [6.45, 7) is 0. The molecular weight excluding hydrogens is 296 g/mol. The summed E-state index contributed by atoms with van der Waals surface area (Å²) in [5.74, 6) is 0.000691. The lowest BCUT2D eigenvalue weighted by Crippen LogP contribution is -2.12. The number of fused-ring (bicyclic) bond motifs is 1. The Balaban J connectivity index is 1.60. The monoisotopic (exact) mass is 312 g/mol. The first-order valence-corrected chi connectivity index (χ1v) is 8.04. The zero-order valence-corrected chi connectivity index (χ0v) is 12.8. The Morgan fingerprint density at radius 2 is 2.14 bits per heavy atom. The molecule has 0 fully saturated rings. The molecule has 2 aromatic heterocycles. The van der Waals surface area contributed by atoms with Crippen LogP contribution in [-0.2, 0) is 11.2 Å². The minimum Gasteiger partial charge on any atom is -0.329 e. The van der Waals surface area contributed by atoms with Gasteiger partial charge in [-0.15, -0.1) is 11.3 Å². The van der Waals surface area contributed by atoms with Crippen LogP contribution in [0.15, 0.2) is 52.8 Å². The van der Waals surface area contributed by atoms with E-state index in [-0.39, 0.29) is 11.5 Å². The number of anilines is 1. The molecule has 0 spiro atoms. The molecule has 0 unspecified atom stereocenters. The number of H-pyrrole nitrogens is 1. The molecule has 112 valence electrons. The van der Waals surface area contributed by atoms with Crippen LogP contribution in [0.25, 0.3) is 10.8 Å². The maximum atomic E-state index is 12.0. The Morgan fingerprint density at radius 3 is 2.95 bits per heavy atom. The summed E-state index contributed by atoms with van der Waals surface area (Å²) in [6, 6.07) is 11.2. The highest BCUT2D eigenvalue weighted by Crippen LogP contribution is 2.17. The van der Waals surface area contributed by atoms with Crippen LogP contribution in [0.2, 0.25) is 0 Å². The van der Waals surface area contributed by atoms with E-state index in [0.29, 0.717) is 11.8 Å². The van der Waals surface area contributed by atoms with Crippen LogP contribution in [0, 0.1) is 0 Å². The minimum atomic E-state index is -0.119. The molecule has 3 aromatic rings. The summed E-state index contributed by atoms with van der Waals surface area (Å²) in [5.41, 5.74) is 0.602. The summed E-state index contributed by atoms with van der Waals surface area (Å²) >= 11 is 1.72. The van der Waals surface area contributed by atoms with Crippen LogP contribution in [0.3, 0.4) is 0 Å². The average molecular weight is 312 g/mol. The highest BCUT2D eigenvalue weighted by molar-refractivity contribution is 7.09. The number of thiophene rings is 1. The molecule has 0 saturated carbocycles. The van der Waals surface area contributed by atoms with Gasteiger partial charge in [0.1, 0.15) is 0 Å². The molecule has 5 heteroatoms. The van der Waals surface area contributed by atoms with Crippen LogP contribution >= 0.6 is 11.3 Å². The average Bonchev–Trinajstić information content (AvgIpc) is 3.01. The normalized spacial score (nSPS) is 10.7. The third-order valence-corrected chi connectivity index (χ3v) is 4.40. The molecule has 1 amide bonds. The standard InChI is InChI=1S/C17H16N2O2S/c20-16(5-1-3-14-4-2-10-22-14)19-13-6-7-15-12(11-13)8-9-18-17(15)21/h2,4,6-11H,1,3,5H2,(H,18,21)(H,19,20). The van der Waals surface area contributed by atoms with Crippen molar-refractivity contribution in [3.63, 3.8) is 0 Å². The number of amides is 1. The molecule has 0 aliphatic carbocycles. The van der Waals surface area contributed by atoms with Gasteiger partial charge < -0.3 is 10.3 Å². The molecule has 1 aromatic carbocycles. The highest BCUT2D eigenvalue weighted by atomic mass is 32.1. The largest absolute Gasteiger partial charge is 0.329 e. The van der Waals surface area contributed by atoms with E-state index in [4.69, 9.17) is 0 Å². The van der Waals surface area contributed by atoms with Crippen LogP contribution in [0.1, 0.15) is 17.7 Å². The molecule has 0 aliphatic heterocycles. The Hall–Kier alpha value is -2.40. The van der Waals surface area contributed by atoms with Gasteiger partial charge in [-0.05, 0) is 53.9 Å². The third-order valence-electron chi connectivity index (χ3n) is 3.46. The number of benzene rings is 1. The molecule has 22 heavy (non-hydrogen) atoms. The molecule has 4 nitrogen and oxygen atoms in total. The second-order valence-corrected chi connectivity index (χ2v) is 6.12. The van der Waals surface area contributed by atoms with Gasteiger partial charge in [0.2, 0.25) is 5.91 Å². The lowest BCUT2D eigenvalue weighted by Gasteiger charge is -2.06. The van der Waals surface area contributed by atoms with Crippen molar-refractivity contribution < 1.29 is 4.79 Å². The van der Waals surface area contributed by atoms with Crippen LogP contribution in [0.4, 0.5) is 5.69 Å². The van der Waals surface area contributed by atoms with Gasteiger partial charge in [-0.25, -0.2) is 0 Å². The molecular formula is C17H16N2O2S. The number of aromatic nitrogens is 1. The number of hydrogen-bond donors (Lipinski definition) is 2. The zero-order valence-electron chi connectivity index (χ0n) is 12.0. The molecule has 0 atom stereocenters. The van der Waals surface area contributed by atoms with Crippen molar-refractivity contribution in [1.82, 2.24) is 4.98 Å². The number of carbonyl (C=O) groups excluding carboxylic acids is 1. The second-order valence-electron chi connectivity index (χ2n) is 5.09. The quantitative estimate of drug-likeness (QED) is 0.757. The number of pyridine rings is 1. The van der Waals surface area contributed by atoms with E-state index < -0.39 is 0 Å². The SMILES string of the molecule is O=C(CCCc1cccs1)Nc1ccc2c(=O)[nH]ccc2c1. The lowest BCUT2D eigenvalue weighted by molar-refractivity contribution is -0.116. The zero-order chi connectivity index (χ0) is 15.4. The summed E-state index contributed by atoms with van der Waals surface area (Å²) in [7, 11) is 0. The minimum absolute atomic E-state index is 0.000691. The Bertz CT molecular complexity index is 837. The van der Waals surface area contributed by atoms with E-state index in [1.54, 1.807) is 29.7 Å². The topological polar surface area (TPSA) is 62.0 Å². The smallest absolute Gasteiger partial charge is 0.255 e. The van der Waals surface area contributed by atoms with Crippen molar-refractivity contribution in [2.75, 3.05) is 5.32 Å². The first-order valence-electron chi connectivity index (χ1n) is 7.16. The Morgan fingerprint density at radius 1 is 1.23 bits per heavy atom. The Kier molecular flexibility index (Phi) is 4.34. The van der Waals surface area contributed by atoms with Gasteiger partial charge in [-0.2, -0.15) is 0 Å². The van der Waals surface area contributed by atoms with Crippen LogP contribution < -0.4 is 10.9 Å². The summed E-state index contributed by atoms with van der Waals surface area (Å²) in [5, 5.41) is 6.38. The predicted octanol–water partition coefficient (Wildman–Crippen LogP) is 3.55. The van der Waals surface area contributed by atoms with Gasteiger partial charge in [0.25, 0.3) is 5.56 Å². The van der Waals surface area contributed by atoms with E-state index >= 15 is 0 Å². The number of carbonyl (C=O) groups is 1. The van der Waals surface area contributed by atoms with Crippen LogP contribution in [0.5, 0.6) is 0 Å². The summed E-state index contributed by atoms with van der Waals surface area (Å²) in [6.07, 6.45) is 3.86. The predicted molar refractivity (Wildman–Crippen MR) is 90.5 cm³/mol. The number of rotatable bonds is 5. The van der Waals surface area contributed by atoms with E-state index in [0.717, 1.165) is 23.9 Å². The van der Waals surface area contributed by atoms with Crippen molar-refractivity contribution >= 4 is 33.7 Å². The number of nitrogens with one attached hydrogen (secondary N) is 2. The number of aromatic amines is 1. The molecule has 2 heterocycles. The fraction of sp³-hybridized carbons (Fsp3) is 0.176. The second kappa shape index (κ2) is 6.58. The van der Waals surface area contributed by atoms with Crippen molar-refractivity contribution in [3.05, 3.63) is 63.2 Å². The first-order chi connectivity index (χ1) is 10.7. The van der Waals surface area contributed by atoms with E-state index in [2.05, 4.69) is 16.4 Å². The lowest BCUT2D eigenvalue weighted by atomic mass is 10.1. The van der Waals surface area contributed by atoms with Gasteiger partial charge in [0, 0.05) is 28.6 Å². The van der Waals surface area contributed by atoms with Crippen LogP contribution in [-0.4, -0.2) is 10.9 Å². The summed E-state index contributed by atoms with van der Waals surface area (Å²) < 4.78 is 0. The van der Waals surface area contributed by atoms with Crippen molar-refractivity contribution in [2.24, 2.45) is 0 Å². The van der Waals surface area contributed by atoms with Gasteiger partial charge in [0.15, 0.2) is 0 Å². The maximum Gasteiger partial charge on any atom is 0.255 e. The summed E-state index contributed by atoms with van der Waals surface area (Å²) in [4.78, 5) is 27.5. The fourth-order valence-electron chi connectivity index (χ4n) is 2.37. The Labute approximate surface area is 131 Å². The van der Waals surface area contributed by atoms with Gasteiger partial charge in [-0.3, -0.25) is 9.59 Å². The van der Waals surface area contributed by atoms with Crippen molar-refractivity contribution in [3.8, 4) is 0 Å². The third kappa shape index (κ3) is 3.43. The fourth-order valence-corrected chi connectivity index (χ4v) is 3.12. The van der Waals surface area contributed by atoms with Crippen molar-refractivity contribution in [2.45, 2.75) is 19.3 Å². The van der Waals surface area contributed by atoms with E-state index in [9.17, 15) is 9.59 Å². The van der Waals surface area contributed by atoms with Gasteiger partial charge in [-0.1, -0.05) is 6.07 Å². The molecule has 3 rings (SSSR count). The first kappa shape index (κ1) is 14.5. The molecule has 0 aliphatic rings. The number of hydrogen-bond acceptors (Lipinski definition) is 3. The highest BCUT2D eigenvalue weighted by Gasteiger charge is 2.05. The van der Waals surface area contributed by atoms with E-state index in [1.807, 2.05) is 23.6 Å². The van der Waals surface area contributed by atoms with Gasteiger partial charge >= 0.3 is 0 Å². The number of aryl methyl sites for hydroxylation is 1. The van der Waals surface area contributed by atoms with E-state index in [1.165, 1.54) is 4.88 Å². The maximum absolute atomic E-state index is 12.0. The molecule has 0 saturated heterocycles.